The summed E-state index contributed by atoms with van der Waals surface area (Å²) in [6.45, 7) is 8.16. The average molecular weight is 329 g/mol. The normalized spacial score (nSPS) is 20.9. The van der Waals surface area contributed by atoms with E-state index >= 15 is 0 Å². The molecule has 2 unspecified atom stereocenters. The van der Waals surface area contributed by atoms with E-state index in [1.165, 1.54) is 0 Å². The third-order valence-electron chi connectivity index (χ3n) is 4.78. The molecule has 4 heteroatoms. The van der Waals surface area contributed by atoms with Crippen LogP contribution in [0.4, 0.5) is 5.69 Å². The Morgan fingerprint density at radius 1 is 1.13 bits per heavy atom. The van der Waals surface area contributed by atoms with Crippen molar-refractivity contribution in [2.75, 3.05) is 11.5 Å². The van der Waals surface area contributed by atoms with Crippen molar-refractivity contribution in [1.29, 1.82) is 0 Å². The summed E-state index contributed by atoms with van der Waals surface area (Å²) >= 11 is 0. The van der Waals surface area contributed by atoms with Gasteiger partial charge in [-0.1, -0.05) is 18.2 Å². The first-order chi connectivity index (χ1) is 10.8. The summed E-state index contributed by atoms with van der Waals surface area (Å²) < 4.78 is 19.0. The Kier molecular flexibility index (Phi) is 3.96. The van der Waals surface area contributed by atoms with Gasteiger partial charge in [0.15, 0.2) is 0 Å². The highest BCUT2D eigenvalue weighted by Crippen LogP contribution is 2.44. The third kappa shape index (κ3) is 2.76. The average Bonchev–Trinajstić information content (AvgIpc) is 2.89. The van der Waals surface area contributed by atoms with Gasteiger partial charge in [-0.15, -0.1) is 0 Å². The van der Waals surface area contributed by atoms with Crippen molar-refractivity contribution < 1.29 is 8.95 Å². The summed E-state index contributed by atoms with van der Waals surface area (Å²) in [7, 11) is -1.08. The molecule has 1 heterocycles. The van der Waals surface area contributed by atoms with Gasteiger partial charge in [0.2, 0.25) is 0 Å². The molecule has 1 aliphatic heterocycles. The first-order valence-electron chi connectivity index (χ1n) is 7.83. The van der Waals surface area contributed by atoms with Crippen molar-refractivity contribution in [1.82, 2.24) is 0 Å². The van der Waals surface area contributed by atoms with Gasteiger partial charge < -0.3 is 10.5 Å². The van der Waals surface area contributed by atoms with Gasteiger partial charge in [-0.2, -0.15) is 0 Å². The van der Waals surface area contributed by atoms with E-state index in [2.05, 4.69) is 0 Å². The molecule has 0 aliphatic carbocycles. The molecule has 0 fully saturated rings. The molecule has 0 amide bonds. The number of fused-ring (bicyclic) bond motifs is 1. The SMILES string of the molecule is Cc1c(C)c2c(c(C)c1N)CC(C)(CS(=O)c1ccccc1)O2. The number of benzene rings is 2. The van der Waals surface area contributed by atoms with Crippen LogP contribution in [0.3, 0.4) is 0 Å². The van der Waals surface area contributed by atoms with Crippen LogP contribution in [-0.2, 0) is 17.2 Å². The molecular formula is C19H23NO2S. The Labute approximate surface area is 140 Å². The highest BCUT2D eigenvalue weighted by molar-refractivity contribution is 7.85. The van der Waals surface area contributed by atoms with E-state index in [-0.39, 0.29) is 0 Å². The van der Waals surface area contributed by atoms with E-state index in [4.69, 9.17) is 10.5 Å². The van der Waals surface area contributed by atoms with E-state index < -0.39 is 16.4 Å². The number of nitrogen functional groups attached to an aromatic ring is 1. The molecule has 23 heavy (non-hydrogen) atoms. The molecule has 1 aliphatic rings. The number of rotatable bonds is 3. The standard InChI is InChI=1S/C19H23NO2S/c1-12-13(2)18-16(14(3)17(12)20)10-19(4,22-18)11-23(21)15-8-6-5-7-9-15/h5-9H,10-11,20H2,1-4H3. The lowest BCUT2D eigenvalue weighted by Gasteiger charge is -2.24. The maximum absolute atomic E-state index is 12.7. The van der Waals surface area contributed by atoms with E-state index in [0.717, 1.165) is 45.0 Å². The molecule has 0 spiro atoms. The maximum atomic E-state index is 12.7. The Bertz CT molecular complexity index is 747. The monoisotopic (exact) mass is 329 g/mol. The zero-order valence-corrected chi connectivity index (χ0v) is 14.9. The summed E-state index contributed by atoms with van der Waals surface area (Å²) in [5, 5.41) is 0. The van der Waals surface area contributed by atoms with Crippen molar-refractivity contribution in [3.63, 3.8) is 0 Å². The second-order valence-electron chi connectivity index (χ2n) is 6.63. The Balaban J connectivity index is 1.90. The maximum Gasteiger partial charge on any atom is 0.127 e. The fourth-order valence-electron chi connectivity index (χ4n) is 3.23. The van der Waals surface area contributed by atoms with Crippen LogP contribution in [0.2, 0.25) is 0 Å². The van der Waals surface area contributed by atoms with E-state index in [9.17, 15) is 4.21 Å². The first kappa shape index (κ1) is 16.1. The number of nitrogens with two attached hydrogens (primary N) is 1. The van der Waals surface area contributed by atoms with Crippen molar-refractivity contribution in [2.24, 2.45) is 0 Å². The molecule has 0 saturated carbocycles. The molecule has 2 atom stereocenters. The second-order valence-corrected chi connectivity index (χ2v) is 8.08. The summed E-state index contributed by atoms with van der Waals surface area (Å²) in [6, 6.07) is 9.57. The van der Waals surface area contributed by atoms with Crippen LogP contribution >= 0.6 is 0 Å². The third-order valence-corrected chi connectivity index (χ3v) is 6.45. The van der Waals surface area contributed by atoms with E-state index in [1.807, 2.05) is 58.0 Å². The smallest absolute Gasteiger partial charge is 0.127 e. The molecule has 2 N–H and O–H groups in total. The Morgan fingerprint density at radius 3 is 2.43 bits per heavy atom. The van der Waals surface area contributed by atoms with Crippen LogP contribution in [0.5, 0.6) is 5.75 Å². The molecule has 122 valence electrons. The van der Waals surface area contributed by atoms with Crippen molar-refractivity contribution >= 4 is 16.5 Å². The van der Waals surface area contributed by atoms with Gasteiger partial charge in [0.1, 0.15) is 11.4 Å². The molecule has 2 aromatic rings. The number of hydrogen-bond donors (Lipinski definition) is 1. The van der Waals surface area contributed by atoms with Crippen LogP contribution in [0.25, 0.3) is 0 Å². The number of hydrogen-bond acceptors (Lipinski definition) is 3. The Morgan fingerprint density at radius 2 is 1.78 bits per heavy atom. The fraction of sp³-hybridized carbons (Fsp3) is 0.368. The molecule has 3 rings (SSSR count). The van der Waals surface area contributed by atoms with Crippen molar-refractivity contribution in [2.45, 2.75) is 44.6 Å². The van der Waals surface area contributed by atoms with E-state index in [0.29, 0.717) is 5.75 Å². The van der Waals surface area contributed by atoms with Gasteiger partial charge in [0.25, 0.3) is 0 Å². The minimum atomic E-state index is -1.08. The van der Waals surface area contributed by atoms with Gasteiger partial charge in [-0.25, -0.2) is 0 Å². The van der Waals surface area contributed by atoms with Gasteiger partial charge in [0, 0.05) is 22.6 Å². The molecule has 2 aromatic carbocycles. The Hall–Kier alpha value is -1.81. The van der Waals surface area contributed by atoms with Crippen molar-refractivity contribution in [3.8, 4) is 5.75 Å². The van der Waals surface area contributed by atoms with Crippen LogP contribution in [0, 0.1) is 20.8 Å². The summed E-state index contributed by atoms with van der Waals surface area (Å²) in [5.41, 5.74) is 11.0. The predicted octanol–water partition coefficient (Wildman–Crippen LogP) is 3.70. The molecule has 0 saturated heterocycles. The number of ether oxygens (including phenoxy) is 1. The zero-order chi connectivity index (χ0) is 16.8. The van der Waals surface area contributed by atoms with Gasteiger partial charge >= 0.3 is 0 Å². The quantitative estimate of drug-likeness (QED) is 0.874. The largest absolute Gasteiger partial charge is 0.486 e. The number of anilines is 1. The predicted molar refractivity (Wildman–Crippen MR) is 95.5 cm³/mol. The van der Waals surface area contributed by atoms with Crippen LogP contribution < -0.4 is 10.5 Å². The molecule has 0 aromatic heterocycles. The minimum Gasteiger partial charge on any atom is -0.486 e. The van der Waals surface area contributed by atoms with Crippen LogP contribution in [-0.4, -0.2) is 15.6 Å². The van der Waals surface area contributed by atoms with Gasteiger partial charge in [0.05, 0.1) is 16.6 Å². The highest BCUT2D eigenvalue weighted by Gasteiger charge is 2.39. The lowest BCUT2D eigenvalue weighted by Crippen LogP contribution is -2.36. The summed E-state index contributed by atoms with van der Waals surface area (Å²) in [6.07, 6.45) is 0.748. The van der Waals surface area contributed by atoms with Crippen LogP contribution in [0.15, 0.2) is 35.2 Å². The minimum absolute atomic E-state index is 0.460. The van der Waals surface area contributed by atoms with Crippen LogP contribution in [0.1, 0.15) is 29.2 Å². The second kappa shape index (κ2) is 5.68. The molecule has 0 bridgehead atoms. The lowest BCUT2D eigenvalue weighted by molar-refractivity contribution is 0.141. The first-order valence-corrected chi connectivity index (χ1v) is 9.15. The van der Waals surface area contributed by atoms with Gasteiger partial charge in [-0.05, 0) is 56.5 Å². The zero-order valence-electron chi connectivity index (χ0n) is 14.1. The molecule has 0 radical (unpaired) electrons. The topological polar surface area (TPSA) is 52.3 Å². The fourth-order valence-corrected chi connectivity index (χ4v) is 4.58. The summed E-state index contributed by atoms with van der Waals surface area (Å²) in [5.74, 6) is 1.41. The highest BCUT2D eigenvalue weighted by atomic mass is 32.2. The molecule has 3 nitrogen and oxygen atoms in total. The lowest BCUT2D eigenvalue weighted by atomic mass is 9.93. The van der Waals surface area contributed by atoms with Gasteiger partial charge in [-0.3, -0.25) is 4.21 Å². The van der Waals surface area contributed by atoms with E-state index in [1.54, 1.807) is 0 Å². The van der Waals surface area contributed by atoms with Crippen molar-refractivity contribution in [3.05, 3.63) is 52.6 Å². The molecular weight excluding hydrogens is 306 g/mol. The summed E-state index contributed by atoms with van der Waals surface area (Å²) in [4.78, 5) is 0.845.